The summed E-state index contributed by atoms with van der Waals surface area (Å²) in [5.41, 5.74) is 0. The molecule has 4 fully saturated rings. The van der Waals surface area contributed by atoms with Crippen LogP contribution >= 0.6 is 0 Å². The maximum absolute atomic E-state index is 14.8. The molecule has 0 amide bonds. The molecule has 0 aromatic heterocycles. The van der Waals surface area contributed by atoms with E-state index in [1.165, 1.54) is 6.42 Å². The molecule has 2 unspecified atom stereocenters. The topological polar surface area (TPSA) is 66.4 Å². The smallest absolute Gasteiger partial charge is 0.187 e. The number of hydrogen-bond donors (Lipinski definition) is 1. The van der Waals surface area contributed by atoms with E-state index in [1.807, 2.05) is 0 Å². The van der Waals surface area contributed by atoms with Crippen LogP contribution in [0, 0.1) is 11.8 Å². The van der Waals surface area contributed by atoms with Gasteiger partial charge in [-0.15, -0.1) is 0 Å². The standard InChI is InChI=1S/C25H41FO6/c1-2-3-4-9-18(30-20-10-5-7-14-28-20)13-12-17-16-19-22(23(26)25(27)31-19)24(17)32-21-11-6-8-15-29-21/h12-13,17-25,27H,2-11,14-16H2,1H3/t17-,18-,19-,20?,21?,22+,23-,24+,25+/m0/s1. The van der Waals surface area contributed by atoms with Crippen molar-refractivity contribution in [3.8, 4) is 0 Å². The molecule has 3 saturated heterocycles. The van der Waals surface area contributed by atoms with E-state index in [0.717, 1.165) is 64.4 Å². The summed E-state index contributed by atoms with van der Waals surface area (Å²) < 4.78 is 44.5. The summed E-state index contributed by atoms with van der Waals surface area (Å²) in [6.07, 6.45) is 11.4. The highest BCUT2D eigenvalue weighted by Crippen LogP contribution is 2.46. The number of rotatable bonds is 10. The van der Waals surface area contributed by atoms with Crippen LogP contribution in [0.15, 0.2) is 12.2 Å². The first-order valence-corrected chi connectivity index (χ1v) is 12.9. The van der Waals surface area contributed by atoms with E-state index < -0.39 is 18.4 Å². The van der Waals surface area contributed by atoms with Gasteiger partial charge >= 0.3 is 0 Å². The third-order valence-corrected chi connectivity index (χ3v) is 7.27. The van der Waals surface area contributed by atoms with Gasteiger partial charge in [0.15, 0.2) is 25.0 Å². The number of fused-ring (bicyclic) bond motifs is 1. The molecule has 3 aliphatic heterocycles. The molecule has 1 saturated carbocycles. The average molecular weight is 457 g/mol. The first-order chi connectivity index (χ1) is 15.7. The Balaban J connectivity index is 1.42. The van der Waals surface area contributed by atoms with Crippen molar-refractivity contribution in [3.63, 3.8) is 0 Å². The lowest BCUT2D eigenvalue weighted by Crippen LogP contribution is -2.38. The van der Waals surface area contributed by atoms with Crippen molar-refractivity contribution >= 4 is 0 Å². The molecule has 0 spiro atoms. The summed E-state index contributed by atoms with van der Waals surface area (Å²) in [5, 5.41) is 9.90. The molecule has 1 N–H and O–H groups in total. The first kappa shape index (κ1) is 24.6. The van der Waals surface area contributed by atoms with E-state index in [-0.39, 0.29) is 36.8 Å². The van der Waals surface area contributed by atoms with Gasteiger partial charge < -0.3 is 28.8 Å². The fourth-order valence-electron chi connectivity index (χ4n) is 5.49. The maximum atomic E-state index is 14.8. The van der Waals surface area contributed by atoms with Crippen LogP contribution in [0.5, 0.6) is 0 Å². The highest BCUT2D eigenvalue weighted by atomic mass is 19.1. The molecule has 1 aliphatic carbocycles. The van der Waals surface area contributed by atoms with Gasteiger partial charge in [-0.2, -0.15) is 0 Å². The lowest BCUT2D eigenvalue weighted by atomic mass is 9.95. The average Bonchev–Trinajstić information content (AvgIpc) is 3.28. The zero-order valence-electron chi connectivity index (χ0n) is 19.4. The number of unbranched alkanes of at least 4 members (excludes halogenated alkanes) is 2. The van der Waals surface area contributed by atoms with E-state index in [2.05, 4.69) is 19.1 Å². The van der Waals surface area contributed by atoms with Crippen LogP contribution in [0.4, 0.5) is 4.39 Å². The SMILES string of the molecule is CCCCC[C@@H](C=C[C@H]1C[C@@H]2O[C@@H](O)[C@@H](F)[C@@H]2[C@@H]1OC1CCCCO1)OC1CCCCO1. The van der Waals surface area contributed by atoms with E-state index in [0.29, 0.717) is 13.0 Å². The predicted octanol–water partition coefficient (Wildman–Crippen LogP) is 4.64. The zero-order valence-corrected chi connectivity index (χ0v) is 19.4. The molecule has 4 aliphatic rings. The third kappa shape index (κ3) is 6.30. The van der Waals surface area contributed by atoms with Gasteiger partial charge in [-0.1, -0.05) is 38.3 Å². The second-order valence-electron chi connectivity index (χ2n) is 9.73. The Kier molecular flexibility index (Phi) is 9.38. The van der Waals surface area contributed by atoms with Crippen molar-refractivity contribution in [2.24, 2.45) is 11.8 Å². The number of hydrogen-bond acceptors (Lipinski definition) is 6. The van der Waals surface area contributed by atoms with Gasteiger partial charge in [0.2, 0.25) is 0 Å². The molecule has 7 heteroatoms. The van der Waals surface area contributed by atoms with E-state index >= 15 is 0 Å². The Hall–Kier alpha value is -0.570. The van der Waals surface area contributed by atoms with E-state index in [1.54, 1.807) is 0 Å². The molecule has 0 radical (unpaired) electrons. The van der Waals surface area contributed by atoms with Crippen LogP contribution in [-0.4, -0.2) is 61.7 Å². The summed E-state index contributed by atoms with van der Waals surface area (Å²) >= 11 is 0. The lowest BCUT2D eigenvalue weighted by molar-refractivity contribution is -0.204. The van der Waals surface area contributed by atoms with E-state index in [4.69, 9.17) is 23.7 Å². The minimum absolute atomic E-state index is 0.00539. The Morgan fingerprint density at radius 2 is 1.81 bits per heavy atom. The van der Waals surface area contributed by atoms with Crippen molar-refractivity contribution in [1.29, 1.82) is 0 Å². The Bertz CT molecular complexity index is 577. The van der Waals surface area contributed by atoms with Crippen molar-refractivity contribution in [3.05, 3.63) is 12.2 Å². The minimum atomic E-state index is -1.43. The van der Waals surface area contributed by atoms with Crippen molar-refractivity contribution in [2.75, 3.05) is 13.2 Å². The van der Waals surface area contributed by atoms with Crippen LogP contribution in [0.3, 0.4) is 0 Å². The quantitative estimate of drug-likeness (QED) is 0.382. The molecule has 9 atom stereocenters. The Labute approximate surface area is 191 Å². The van der Waals surface area contributed by atoms with Crippen molar-refractivity contribution in [1.82, 2.24) is 0 Å². The van der Waals surface area contributed by atoms with Gasteiger partial charge in [-0.3, -0.25) is 0 Å². The van der Waals surface area contributed by atoms with Gasteiger partial charge in [-0.05, 0) is 51.4 Å². The lowest BCUT2D eigenvalue weighted by Gasteiger charge is -2.31. The van der Waals surface area contributed by atoms with Crippen molar-refractivity contribution < 1.29 is 33.2 Å². The fourth-order valence-corrected chi connectivity index (χ4v) is 5.49. The molecule has 0 aromatic rings. The van der Waals surface area contributed by atoms with Gasteiger partial charge in [0.05, 0.1) is 18.3 Å². The number of aliphatic hydroxyl groups is 1. The summed E-state index contributed by atoms with van der Waals surface area (Å²) in [6.45, 7) is 3.64. The molecule has 3 heterocycles. The Morgan fingerprint density at radius 1 is 1.06 bits per heavy atom. The summed E-state index contributed by atoms with van der Waals surface area (Å²) in [5.74, 6) is -0.461. The summed E-state index contributed by atoms with van der Waals surface area (Å²) in [4.78, 5) is 0. The summed E-state index contributed by atoms with van der Waals surface area (Å²) in [6, 6.07) is 0. The fraction of sp³-hybridized carbons (Fsp3) is 0.920. The molecule has 32 heavy (non-hydrogen) atoms. The van der Waals surface area contributed by atoms with Crippen LogP contribution in [0.1, 0.15) is 77.6 Å². The van der Waals surface area contributed by atoms with Gasteiger partial charge in [0, 0.05) is 25.0 Å². The first-order valence-electron chi connectivity index (χ1n) is 12.9. The molecule has 4 rings (SSSR count). The molecular weight excluding hydrogens is 415 g/mol. The van der Waals surface area contributed by atoms with Gasteiger partial charge in [0.25, 0.3) is 0 Å². The Morgan fingerprint density at radius 3 is 2.50 bits per heavy atom. The summed E-state index contributed by atoms with van der Waals surface area (Å²) in [7, 11) is 0. The second kappa shape index (κ2) is 12.2. The monoisotopic (exact) mass is 456 g/mol. The molecule has 6 nitrogen and oxygen atoms in total. The number of aliphatic hydroxyl groups excluding tert-OH is 1. The van der Waals surface area contributed by atoms with Gasteiger partial charge in [0.1, 0.15) is 0 Å². The van der Waals surface area contributed by atoms with Gasteiger partial charge in [-0.25, -0.2) is 4.39 Å². The molecule has 184 valence electrons. The van der Waals surface area contributed by atoms with Crippen molar-refractivity contribution in [2.45, 2.75) is 121 Å². The highest BCUT2D eigenvalue weighted by Gasteiger charge is 2.56. The number of halogens is 1. The number of ether oxygens (including phenoxy) is 5. The van der Waals surface area contributed by atoms with E-state index in [9.17, 15) is 9.50 Å². The predicted molar refractivity (Wildman–Crippen MR) is 118 cm³/mol. The largest absolute Gasteiger partial charge is 0.366 e. The van der Waals surface area contributed by atoms with Crippen LogP contribution in [0.25, 0.3) is 0 Å². The minimum Gasteiger partial charge on any atom is -0.366 e. The van der Waals surface area contributed by atoms with Crippen LogP contribution < -0.4 is 0 Å². The van der Waals surface area contributed by atoms with Crippen LogP contribution in [0.2, 0.25) is 0 Å². The molecular formula is C25H41FO6. The normalized spacial score (nSPS) is 41.2. The second-order valence-corrected chi connectivity index (χ2v) is 9.73. The zero-order chi connectivity index (χ0) is 22.3. The molecule has 0 aromatic carbocycles. The third-order valence-electron chi connectivity index (χ3n) is 7.27. The highest BCUT2D eigenvalue weighted by molar-refractivity contribution is 5.09. The van der Waals surface area contributed by atoms with Crippen LogP contribution in [-0.2, 0) is 23.7 Å². The number of alkyl halides is 1. The molecule has 0 bridgehead atoms. The maximum Gasteiger partial charge on any atom is 0.187 e.